The van der Waals surface area contributed by atoms with Crippen LogP contribution in [-0.4, -0.2) is 27.1 Å². The number of benzene rings is 1. The fourth-order valence-electron chi connectivity index (χ4n) is 3.39. The van der Waals surface area contributed by atoms with Crippen molar-refractivity contribution in [1.82, 2.24) is 9.13 Å². The van der Waals surface area contributed by atoms with Crippen LogP contribution >= 0.6 is 0 Å². The number of rotatable bonds is 3. The summed E-state index contributed by atoms with van der Waals surface area (Å²) in [6, 6.07) is 5.57. The Balaban J connectivity index is 2.37. The predicted molar refractivity (Wildman–Crippen MR) is 100 cm³/mol. The molecule has 1 aliphatic heterocycles. The molecule has 1 aromatic heterocycles. The topological polar surface area (TPSA) is 125 Å². The Hall–Kier alpha value is -3.69. The molecule has 0 bridgehead atoms. The van der Waals surface area contributed by atoms with E-state index in [-0.39, 0.29) is 22.6 Å². The molecule has 3 rings (SSSR count). The number of allylic oxidation sites excluding steroid dienone is 1. The highest BCUT2D eigenvalue weighted by atomic mass is 16.6. The van der Waals surface area contributed by atoms with E-state index in [4.69, 9.17) is 4.74 Å². The molecule has 2 heterocycles. The minimum atomic E-state index is -0.852. The number of carbonyl (C=O) groups excluding carboxylic acids is 1. The van der Waals surface area contributed by atoms with Crippen molar-refractivity contribution in [3.63, 3.8) is 0 Å². The Labute approximate surface area is 158 Å². The van der Waals surface area contributed by atoms with Crippen LogP contribution in [0.15, 0.2) is 45.1 Å². The van der Waals surface area contributed by atoms with Gasteiger partial charge in [0.05, 0.1) is 29.1 Å². The van der Waals surface area contributed by atoms with E-state index in [0.29, 0.717) is 11.3 Å². The normalized spacial score (nSPS) is 15.6. The highest BCUT2D eigenvalue weighted by Crippen LogP contribution is 2.40. The molecule has 0 saturated heterocycles. The number of non-ortho nitro benzene ring substituents is 1. The van der Waals surface area contributed by atoms with E-state index in [1.807, 2.05) is 0 Å². The first-order valence-electron chi connectivity index (χ1n) is 8.29. The summed E-state index contributed by atoms with van der Waals surface area (Å²) in [4.78, 5) is 48.2. The van der Waals surface area contributed by atoms with Crippen LogP contribution in [0.3, 0.4) is 0 Å². The molecule has 1 aromatic carbocycles. The second-order valence-corrected chi connectivity index (χ2v) is 6.40. The fraction of sp³-hybridized carbons (Fsp3) is 0.278. The van der Waals surface area contributed by atoms with E-state index in [0.717, 1.165) is 4.57 Å². The van der Waals surface area contributed by atoms with Crippen LogP contribution < -0.4 is 16.6 Å². The zero-order valence-corrected chi connectivity index (χ0v) is 15.7. The first-order valence-corrected chi connectivity index (χ1v) is 8.29. The third-order valence-electron chi connectivity index (χ3n) is 4.83. The van der Waals surface area contributed by atoms with Gasteiger partial charge in [-0.2, -0.15) is 0 Å². The van der Waals surface area contributed by atoms with Gasteiger partial charge in [-0.3, -0.25) is 24.0 Å². The van der Waals surface area contributed by atoms with Gasteiger partial charge in [0.25, 0.3) is 11.2 Å². The first-order chi connectivity index (χ1) is 13.2. The molecule has 10 heteroatoms. The summed E-state index contributed by atoms with van der Waals surface area (Å²) in [5, 5.41) is 13.9. The summed E-state index contributed by atoms with van der Waals surface area (Å²) in [5.74, 6) is -1.23. The third-order valence-corrected chi connectivity index (χ3v) is 4.83. The molecular weight excluding hydrogens is 368 g/mol. The van der Waals surface area contributed by atoms with Crippen molar-refractivity contribution in [2.24, 2.45) is 14.1 Å². The number of ether oxygens (including phenoxy) is 1. The standard InChI is InChI=1S/C18H18N4O6/c1-9-12(17(24)28-4)13(10-5-7-11(8-6-10)22(26)27)14-15(19-9)20(2)18(25)21(3)16(14)23/h5-8,13,19H,1-4H3. The number of anilines is 1. The molecule has 0 radical (unpaired) electrons. The molecule has 10 nitrogen and oxygen atoms in total. The molecule has 2 aromatic rings. The maximum Gasteiger partial charge on any atom is 0.336 e. The summed E-state index contributed by atoms with van der Waals surface area (Å²) < 4.78 is 7.13. The zero-order valence-electron chi connectivity index (χ0n) is 15.7. The number of fused-ring (bicyclic) bond motifs is 1. The first kappa shape index (κ1) is 19.1. The van der Waals surface area contributed by atoms with Crippen molar-refractivity contribution in [2.45, 2.75) is 12.8 Å². The molecule has 1 N–H and O–H groups in total. The van der Waals surface area contributed by atoms with E-state index in [9.17, 15) is 24.5 Å². The Morgan fingerprint density at radius 1 is 1.18 bits per heavy atom. The number of hydrogen-bond acceptors (Lipinski definition) is 7. The van der Waals surface area contributed by atoms with Gasteiger partial charge >= 0.3 is 11.7 Å². The second kappa shape index (κ2) is 6.80. The van der Waals surface area contributed by atoms with E-state index >= 15 is 0 Å². The molecule has 146 valence electrons. The van der Waals surface area contributed by atoms with Gasteiger partial charge in [-0.1, -0.05) is 12.1 Å². The van der Waals surface area contributed by atoms with Gasteiger partial charge < -0.3 is 10.1 Å². The van der Waals surface area contributed by atoms with Crippen molar-refractivity contribution < 1.29 is 14.5 Å². The summed E-state index contributed by atoms with van der Waals surface area (Å²) in [7, 11) is 4.08. The Kier molecular flexibility index (Phi) is 4.63. The second-order valence-electron chi connectivity index (χ2n) is 6.40. The maximum absolute atomic E-state index is 12.9. The Morgan fingerprint density at radius 2 is 1.79 bits per heavy atom. The van der Waals surface area contributed by atoms with Crippen LogP contribution in [0.4, 0.5) is 11.5 Å². The van der Waals surface area contributed by atoms with Crippen LogP contribution in [0.25, 0.3) is 0 Å². The monoisotopic (exact) mass is 386 g/mol. The van der Waals surface area contributed by atoms with Crippen LogP contribution in [0.1, 0.15) is 24.0 Å². The van der Waals surface area contributed by atoms with Gasteiger partial charge in [0.15, 0.2) is 0 Å². The average molecular weight is 386 g/mol. The number of esters is 1. The molecule has 0 fully saturated rings. The van der Waals surface area contributed by atoms with Crippen molar-refractivity contribution in [1.29, 1.82) is 0 Å². The number of carbonyl (C=O) groups is 1. The SMILES string of the molecule is COC(=O)C1=C(C)Nc2c(c(=O)n(C)c(=O)n2C)C1c1ccc([N+](=O)[O-])cc1. The molecule has 0 amide bonds. The lowest BCUT2D eigenvalue weighted by molar-refractivity contribution is -0.384. The van der Waals surface area contributed by atoms with Crippen LogP contribution in [0.5, 0.6) is 0 Å². The van der Waals surface area contributed by atoms with Gasteiger partial charge in [-0.05, 0) is 12.5 Å². The highest BCUT2D eigenvalue weighted by Gasteiger charge is 2.37. The number of aromatic nitrogens is 2. The van der Waals surface area contributed by atoms with Crippen LogP contribution in [-0.2, 0) is 23.6 Å². The number of nitro groups is 1. The minimum absolute atomic E-state index is 0.119. The number of nitrogens with zero attached hydrogens (tertiary/aromatic N) is 3. The molecular formula is C18H18N4O6. The lowest BCUT2D eigenvalue weighted by atomic mass is 9.82. The van der Waals surface area contributed by atoms with Gasteiger partial charge in [0, 0.05) is 31.9 Å². The van der Waals surface area contributed by atoms with E-state index in [1.165, 1.54) is 50.0 Å². The van der Waals surface area contributed by atoms with E-state index < -0.39 is 28.1 Å². The number of nitrogens with one attached hydrogen (secondary N) is 1. The Bertz CT molecular complexity index is 1140. The van der Waals surface area contributed by atoms with Gasteiger partial charge in [0.1, 0.15) is 5.82 Å². The smallest absolute Gasteiger partial charge is 0.336 e. The van der Waals surface area contributed by atoms with Crippen LogP contribution in [0, 0.1) is 10.1 Å². The van der Waals surface area contributed by atoms with Gasteiger partial charge in [0.2, 0.25) is 0 Å². The lowest BCUT2D eigenvalue weighted by Gasteiger charge is -2.30. The minimum Gasteiger partial charge on any atom is -0.466 e. The summed E-state index contributed by atoms with van der Waals surface area (Å²) >= 11 is 0. The largest absolute Gasteiger partial charge is 0.466 e. The van der Waals surface area contributed by atoms with Crippen molar-refractivity contribution >= 4 is 17.5 Å². The molecule has 28 heavy (non-hydrogen) atoms. The third kappa shape index (κ3) is 2.79. The highest BCUT2D eigenvalue weighted by molar-refractivity contribution is 5.94. The van der Waals surface area contributed by atoms with Crippen LogP contribution in [0.2, 0.25) is 0 Å². The predicted octanol–water partition coefficient (Wildman–Crippen LogP) is 0.997. The summed E-state index contributed by atoms with van der Waals surface area (Å²) in [6.07, 6.45) is 0. The molecule has 1 atom stereocenters. The fourth-order valence-corrected chi connectivity index (χ4v) is 3.39. The lowest BCUT2D eigenvalue weighted by Crippen LogP contribution is -2.43. The Morgan fingerprint density at radius 3 is 2.32 bits per heavy atom. The summed E-state index contributed by atoms with van der Waals surface area (Å²) in [5.41, 5.74) is 0.0846. The molecule has 1 unspecified atom stereocenters. The number of hydrogen-bond donors (Lipinski definition) is 1. The quantitative estimate of drug-likeness (QED) is 0.474. The van der Waals surface area contributed by atoms with E-state index in [1.54, 1.807) is 6.92 Å². The summed E-state index contributed by atoms with van der Waals surface area (Å²) in [6.45, 7) is 1.63. The van der Waals surface area contributed by atoms with Crippen molar-refractivity contribution in [2.75, 3.05) is 12.4 Å². The van der Waals surface area contributed by atoms with E-state index in [2.05, 4.69) is 5.32 Å². The molecule has 0 aliphatic carbocycles. The zero-order chi connectivity index (χ0) is 20.7. The average Bonchev–Trinajstić information content (AvgIpc) is 2.69. The van der Waals surface area contributed by atoms with Gasteiger partial charge in [-0.25, -0.2) is 9.59 Å². The number of methoxy groups -OCH3 is 1. The van der Waals surface area contributed by atoms with Crippen molar-refractivity contribution in [3.05, 3.63) is 77.6 Å². The molecule has 1 aliphatic rings. The van der Waals surface area contributed by atoms with Crippen molar-refractivity contribution in [3.8, 4) is 0 Å². The van der Waals surface area contributed by atoms with Gasteiger partial charge in [-0.15, -0.1) is 0 Å². The maximum atomic E-state index is 12.9. The molecule has 0 saturated carbocycles. The molecule has 0 spiro atoms. The number of nitro benzene ring substituents is 1.